The van der Waals surface area contributed by atoms with Crippen LogP contribution >= 0.6 is 22.6 Å². The van der Waals surface area contributed by atoms with Crippen LogP contribution in [0, 0.1) is 23.2 Å². The van der Waals surface area contributed by atoms with E-state index in [0.717, 1.165) is 37.0 Å². The highest BCUT2D eigenvalue weighted by molar-refractivity contribution is 14.1. The maximum atomic E-state index is 10.6. The van der Waals surface area contributed by atoms with Crippen molar-refractivity contribution in [2.24, 2.45) is 28.3 Å². The molecule has 122 valence electrons. The molecule has 0 aromatic carbocycles. The second-order valence-electron chi connectivity index (χ2n) is 7.92. The highest BCUT2D eigenvalue weighted by Gasteiger charge is 2.63. The zero-order valence-electron chi connectivity index (χ0n) is 12.4. The van der Waals surface area contributed by atoms with E-state index in [9.17, 15) is 10.2 Å². The maximum absolute atomic E-state index is 10.6. The zero-order chi connectivity index (χ0) is 15.5. The standard InChI is InChI=1S/C15H22IN3O3/c16-7-15(18-19-17)12(21)11(20)13(22-15)14-4-8-1-9(5-14)3-10(2-8)6-14/h8-13,20-21H,1-7H2/t8?,9?,10?,11-,12+,13-,14?,15-/m1/s1. The predicted molar refractivity (Wildman–Crippen MR) is 88.3 cm³/mol. The minimum atomic E-state index is -1.32. The first kappa shape index (κ1) is 15.4. The molecule has 0 spiro atoms. The largest absolute Gasteiger partial charge is 0.388 e. The molecular formula is C15H22IN3O3. The number of halogens is 1. The first-order valence-electron chi connectivity index (χ1n) is 8.18. The Kier molecular flexibility index (Phi) is 3.66. The summed E-state index contributed by atoms with van der Waals surface area (Å²) in [6.45, 7) is 0. The summed E-state index contributed by atoms with van der Waals surface area (Å²) in [6.07, 6.45) is 4.70. The second-order valence-corrected chi connectivity index (χ2v) is 8.68. The fraction of sp³-hybridized carbons (Fsp3) is 1.00. The fourth-order valence-electron chi connectivity index (χ4n) is 6.10. The van der Waals surface area contributed by atoms with Gasteiger partial charge in [0, 0.05) is 14.8 Å². The Morgan fingerprint density at radius 2 is 1.68 bits per heavy atom. The van der Waals surface area contributed by atoms with E-state index in [1.807, 2.05) is 0 Å². The van der Waals surface area contributed by atoms with Crippen molar-refractivity contribution in [1.82, 2.24) is 0 Å². The van der Waals surface area contributed by atoms with Crippen LogP contribution in [0.3, 0.4) is 0 Å². The monoisotopic (exact) mass is 419 g/mol. The molecule has 4 aliphatic carbocycles. The van der Waals surface area contributed by atoms with E-state index in [0.29, 0.717) is 4.43 Å². The quantitative estimate of drug-likeness (QED) is 0.242. The van der Waals surface area contributed by atoms with Crippen LogP contribution in [0.4, 0.5) is 0 Å². The molecule has 0 amide bonds. The molecule has 0 aromatic heterocycles. The van der Waals surface area contributed by atoms with Crippen LogP contribution < -0.4 is 0 Å². The average molecular weight is 419 g/mol. The Balaban J connectivity index is 1.67. The molecule has 1 aliphatic heterocycles. The number of alkyl halides is 1. The lowest BCUT2D eigenvalue weighted by molar-refractivity contribution is -0.169. The summed E-state index contributed by atoms with van der Waals surface area (Å²) < 4.78 is 6.46. The van der Waals surface area contributed by atoms with E-state index >= 15 is 0 Å². The number of rotatable bonds is 3. The van der Waals surface area contributed by atoms with Gasteiger partial charge in [-0.05, 0) is 61.8 Å². The Morgan fingerprint density at radius 1 is 1.14 bits per heavy atom. The van der Waals surface area contributed by atoms with Gasteiger partial charge in [-0.1, -0.05) is 27.7 Å². The van der Waals surface area contributed by atoms with E-state index in [4.69, 9.17) is 10.3 Å². The minimum Gasteiger partial charge on any atom is -0.388 e. The van der Waals surface area contributed by atoms with Gasteiger partial charge in [0.25, 0.3) is 0 Å². The van der Waals surface area contributed by atoms with Crippen LogP contribution in [-0.4, -0.2) is 38.7 Å². The molecule has 0 unspecified atom stereocenters. The molecule has 22 heavy (non-hydrogen) atoms. The van der Waals surface area contributed by atoms with Gasteiger partial charge in [0.1, 0.15) is 12.2 Å². The molecule has 4 atom stereocenters. The van der Waals surface area contributed by atoms with Gasteiger partial charge in [0.15, 0.2) is 5.72 Å². The van der Waals surface area contributed by atoms with E-state index in [1.54, 1.807) is 0 Å². The number of azide groups is 1. The molecule has 7 heteroatoms. The maximum Gasteiger partial charge on any atom is 0.184 e. The highest BCUT2D eigenvalue weighted by Crippen LogP contribution is 2.63. The molecule has 5 rings (SSSR count). The fourth-order valence-corrected chi connectivity index (χ4v) is 6.88. The van der Waals surface area contributed by atoms with Crippen LogP contribution in [0.5, 0.6) is 0 Å². The lowest BCUT2D eigenvalue weighted by Gasteiger charge is -2.59. The highest BCUT2D eigenvalue weighted by atomic mass is 127. The summed E-state index contributed by atoms with van der Waals surface area (Å²) in [7, 11) is 0. The summed E-state index contributed by atoms with van der Waals surface area (Å²) in [5.41, 5.74) is 7.48. The molecule has 2 N–H and O–H groups in total. The van der Waals surface area contributed by atoms with Gasteiger partial charge in [-0.2, -0.15) is 0 Å². The van der Waals surface area contributed by atoms with Crippen molar-refractivity contribution in [3.8, 4) is 0 Å². The van der Waals surface area contributed by atoms with Gasteiger partial charge in [0.05, 0.1) is 6.10 Å². The Labute approximate surface area is 143 Å². The van der Waals surface area contributed by atoms with Crippen LogP contribution in [0.25, 0.3) is 10.4 Å². The van der Waals surface area contributed by atoms with Crippen molar-refractivity contribution in [2.75, 3.05) is 4.43 Å². The van der Waals surface area contributed by atoms with Crippen molar-refractivity contribution < 1.29 is 14.9 Å². The molecule has 5 aliphatic rings. The lowest BCUT2D eigenvalue weighted by Crippen LogP contribution is -2.54. The van der Waals surface area contributed by atoms with Gasteiger partial charge in [-0.15, -0.1) is 0 Å². The average Bonchev–Trinajstić information content (AvgIpc) is 2.73. The van der Waals surface area contributed by atoms with Crippen molar-refractivity contribution in [1.29, 1.82) is 0 Å². The summed E-state index contributed by atoms with van der Waals surface area (Å²) >= 11 is 2.06. The molecule has 0 radical (unpaired) electrons. The molecule has 4 bridgehead atoms. The third-order valence-electron chi connectivity index (χ3n) is 6.52. The minimum absolute atomic E-state index is 0.0340. The topological polar surface area (TPSA) is 98.5 Å². The third-order valence-corrected chi connectivity index (χ3v) is 7.61. The Bertz CT molecular complexity index is 489. The van der Waals surface area contributed by atoms with Crippen LogP contribution in [0.15, 0.2) is 5.11 Å². The molecule has 1 heterocycles. The molecule has 0 aromatic rings. The van der Waals surface area contributed by atoms with Crippen LogP contribution in [0.2, 0.25) is 0 Å². The first-order chi connectivity index (χ1) is 10.5. The van der Waals surface area contributed by atoms with Crippen molar-refractivity contribution in [3.05, 3.63) is 10.4 Å². The van der Waals surface area contributed by atoms with Crippen LogP contribution in [-0.2, 0) is 4.74 Å². The summed E-state index contributed by atoms with van der Waals surface area (Å²) in [4.78, 5) is 2.85. The predicted octanol–water partition coefficient (Wildman–Crippen LogP) is 2.77. The van der Waals surface area contributed by atoms with Gasteiger partial charge in [-0.25, -0.2) is 0 Å². The summed E-state index contributed by atoms with van der Waals surface area (Å²) in [5, 5.41) is 24.8. The molecule has 5 fully saturated rings. The SMILES string of the molecule is [N-]=[N+]=N[C@]1(CI)O[C@@H](C23CC4CC(CC(C4)C2)C3)[C@H](O)[C@@H]1O. The van der Waals surface area contributed by atoms with E-state index < -0.39 is 24.0 Å². The normalized spacial score (nSPS) is 56.1. The van der Waals surface area contributed by atoms with Crippen molar-refractivity contribution >= 4 is 22.6 Å². The number of hydrogen-bond donors (Lipinski definition) is 2. The third kappa shape index (κ3) is 2.05. The summed E-state index contributed by atoms with van der Waals surface area (Å²) in [5.74, 6) is 2.23. The smallest absolute Gasteiger partial charge is 0.184 e. The Morgan fingerprint density at radius 3 is 2.14 bits per heavy atom. The van der Waals surface area contributed by atoms with Crippen molar-refractivity contribution in [2.45, 2.75) is 62.6 Å². The molecular weight excluding hydrogens is 397 g/mol. The van der Waals surface area contributed by atoms with E-state index in [-0.39, 0.29) is 5.41 Å². The molecule has 4 saturated carbocycles. The number of ether oxygens (including phenoxy) is 1. The second kappa shape index (κ2) is 5.21. The number of aliphatic hydroxyl groups is 2. The van der Waals surface area contributed by atoms with Crippen molar-refractivity contribution in [3.63, 3.8) is 0 Å². The molecule has 6 nitrogen and oxygen atoms in total. The Hall–Kier alpha value is -0.0800. The number of hydrogen-bond acceptors (Lipinski definition) is 4. The van der Waals surface area contributed by atoms with Gasteiger partial charge < -0.3 is 14.9 Å². The molecule has 1 saturated heterocycles. The lowest BCUT2D eigenvalue weighted by atomic mass is 9.48. The summed E-state index contributed by atoms with van der Waals surface area (Å²) in [6, 6.07) is 0. The number of nitrogens with zero attached hydrogens (tertiary/aromatic N) is 3. The van der Waals surface area contributed by atoms with Crippen LogP contribution in [0.1, 0.15) is 38.5 Å². The number of aliphatic hydroxyl groups excluding tert-OH is 2. The first-order valence-corrected chi connectivity index (χ1v) is 9.71. The van der Waals surface area contributed by atoms with E-state index in [1.165, 1.54) is 19.3 Å². The van der Waals surface area contributed by atoms with E-state index in [2.05, 4.69) is 32.6 Å². The van der Waals surface area contributed by atoms with Gasteiger partial charge >= 0.3 is 0 Å². The van der Waals surface area contributed by atoms with Gasteiger partial charge in [-0.3, -0.25) is 0 Å². The van der Waals surface area contributed by atoms with Gasteiger partial charge in [0.2, 0.25) is 0 Å². The zero-order valence-corrected chi connectivity index (χ0v) is 14.6.